The van der Waals surface area contributed by atoms with E-state index in [-0.39, 0.29) is 64.1 Å². The van der Waals surface area contributed by atoms with Gasteiger partial charge in [0.05, 0.1) is 34.2 Å². The Morgan fingerprint density at radius 1 is 0.791 bits per heavy atom. The lowest BCUT2D eigenvalue weighted by Crippen LogP contribution is -2.37. The minimum Gasteiger partial charge on any atom is -0.741 e. The molecule has 13 heteroatoms. The molecule has 11 atom stereocenters. The number of fused-ring (bicyclic) bond motifs is 4. The number of cyclic esters (lactones) is 2. The van der Waals surface area contributed by atoms with E-state index in [9.17, 15) is 22.8 Å². The molecule has 376 valence electrons. The van der Waals surface area contributed by atoms with Crippen molar-refractivity contribution in [1.29, 1.82) is 0 Å². The first kappa shape index (κ1) is 60.9. The van der Waals surface area contributed by atoms with Crippen molar-refractivity contribution in [3.05, 3.63) is 116 Å². The maximum atomic E-state index is 10.7. The molecule has 4 bridgehead atoms. The number of alkyl halides is 3. The summed E-state index contributed by atoms with van der Waals surface area (Å²) in [6, 6.07) is 32.2. The highest BCUT2D eigenvalue weighted by atomic mass is 32.2. The molecule has 3 aromatic rings. The van der Waals surface area contributed by atoms with E-state index in [0.29, 0.717) is 5.92 Å². The first-order chi connectivity index (χ1) is 29.7. The Morgan fingerprint density at radius 2 is 1.24 bits per heavy atom. The van der Waals surface area contributed by atoms with Gasteiger partial charge in [-0.15, -0.1) is 0 Å². The minimum absolute atomic E-state index is 0. The summed E-state index contributed by atoms with van der Waals surface area (Å²) >= 11 is 0. The molecule has 8 rings (SSSR count). The lowest BCUT2D eigenvalue weighted by Gasteiger charge is -2.39. The predicted molar refractivity (Wildman–Crippen MR) is 265 cm³/mol. The molecule has 11 unspecified atom stereocenters. The van der Waals surface area contributed by atoms with Gasteiger partial charge in [0.25, 0.3) is 0 Å². The minimum atomic E-state index is -6.09. The van der Waals surface area contributed by atoms with Crippen LogP contribution < -0.4 is 0 Å². The Bertz CT molecular complexity index is 2000. The van der Waals surface area contributed by atoms with Crippen molar-refractivity contribution >= 4 is 33.0 Å². The number of rotatable bonds is 11. The highest BCUT2D eigenvalue weighted by molar-refractivity contribution is 7.97. The Hall–Kier alpha value is -4.07. The average molecular weight is 977 g/mol. The molecule has 4 aliphatic carbocycles. The summed E-state index contributed by atoms with van der Waals surface area (Å²) < 4.78 is 76.0. The summed E-state index contributed by atoms with van der Waals surface area (Å²) in [5.41, 5.74) is -5.58. The van der Waals surface area contributed by atoms with Crippen LogP contribution in [-0.2, 0) is 44.8 Å². The fraction of sp³-hybridized carbons (Fsp3) is 0.556. The van der Waals surface area contributed by atoms with Crippen molar-refractivity contribution < 1.29 is 49.9 Å². The zero-order chi connectivity index (χ0) is 46.3. The van der Waals surface area contributed by atoms with Gasteiger partial charge in [-0.1, -0.05) is 132 Å². The number of hydrogen-bond donors (Lipinski definition) is 0. The molecule has 0 N–H and O–H groups in total. The molecule has 4 saturated carbocycles. The molecule has 1 saturated heterocycles. The molecule has 0 radical (unpaired) electrons. The smallest absolute Gasteiger partial charge is 0.485 e. The lowest BCUT2D eigenvalue weighted by atomic mass is 9.75. The summed E-state index contributed by atoms with van der Waals surface area (Å²) in [5, 5.41) is 0. The maximum Gasteiger partial charge on any atom is 0.485 e. The molecule has 3 aromatic carbocycles. The van der Waals surface area contributed by atoms with Crippen LogP contribution in [0.4, 0.5) is 13.2 Å². The summed E-state index contributed by atoms with van der Waals surface area (Å²) in [5.74, 6) is 6.17. The standard InChI is InChI=1S/C25H40O2.C18H15S.C6H8O3.CHF3O3S.4CH4/c1-7-25(14-20-8-9-22(25)11-20)27-16(3)10-15(2)26-19(6)24-13-21-12-23(24)18(5)17(21)4;1-4-10-16(11-5-1)19(17-12-6-2-7-13-17)18-14-8-3-9-15-18;1-3-4(2)6(8)9-5(3)7;2-1(3,4)8(5,6)7;;;;/h15,17-18,20-24H,3,6-14H2,1-2,4-5H3;1-15H;3-4H,1-2H3;(H,5,6,7);4*1H4/q;+1;;;;;;/p-1. The first-order valence-corrected chi connectivity index (χ1v) is 24.7. The van der Waals surface area contributed by atoms with Gasteiger partial charge >= 0.3 is 17.4 Å². The van der Waals surface area contributed by atoms with Crippen LogP contribution in [0.5, 0.6) is 0 Å². The third kappa shape index (κ3) is 15.2. The van der Waals surface area contributed by atoms with Crippen molar-refractivity contribution in [1.82, 2.24) is 0 Å². The van der Waals surface area contributed by atoms with Crippen LogP contribution in [0.25, 0.3) is 0 Å². The van der Waals surface area contributed by atoms with E-state index < -0.39 is 27.6 Å². The maximum absolute atomic E-state index is 10.7. The number of esters is 2. The van der Waals surface area contributed by atoms with Gasteiger partial charge in [-0.2, -0.15) is 13.2 Å². The number of benzene rings is 3. The molecule has 0 amide bonds. The van der Waals surface area contributed by atoms with E-state index in [1.54, 1.807) is 13.8 Å². The van der Waals surface area contributed by atoms with E-state index in [2.05, 4.69) is 137 Å². The van der Waals surface area contributed by atoms with Gasteiger partial charge in [0.15, 0.2) is 24.8 Å². The molecule has 1 aliphatic heterocycles. The Balaban J connectivity index is 0.000000490. The zero-order valence-corrected chi connectivity index (χ0v) is 38.9. The molecule has 67 heavy (non-hydrogen) atoms. The fourth-order valence-corrected chi connectivity index (χ4v) is 12.2. The second kappa shape index (κ2) is 26.1. The van der Waals surface area contributed by atoms with Gasteiger partial charge in [-0.05, 0) is 124 Å². The van der Waals surface area contributed by atoms with Crippen LogP contribution >= 0.6 is 0 Å². The average Bonchev–Trinajstić information content (AvgIpc) is 4.07. The van der Waals surface area contributed by atoms with Crippen molar-refractivity contribution in [2.24, 2.45) is 53.3 Å². The van der Waals surface area contributed by atoms with Crippen molar-refractivity contribution in [2.75, 3.05) is 0 Å². The van der Waals surface area contributed by atoms with Gasteiger partial charge in [0.1, 0.15) is 11.7 Å². The van der Waals surface area contributed by atoms with Crippen molar-refractivity contribution in [2.45, 2.75) is 155 Å². The Kier molecular flexibility index (Phi) is 23.7. The second-order valence-corrected chi connectivity index (χ2v) is 21.3. The SMILES string of the molecule is C.C.C.C.C=C(CC(C)OC(=C)C1CC2CC1C(C)C2C)OC1(CC)CC2CCC1C2.CC1C(=O)OC(=O)C1C.O=S(=O)([O-])C(F)(F)F.c1ccc([S+](c2ccccc2)c2ccccc2)cc1. The number of halogens is 3. The van der Waals surface area contributed by atoms with Gasteiger partial charge in [0.2, 0.25) is 0 Å². The number of hydrogen-bond acceptors (Lipinski definition) is 8. The molecule has 0 aromatic heterocycles. The number of carbonyl (C=O) groups excluding carboxylic acids is 2. The molecular weight excluding hydrogens is 898 g/mol. The summed E-state index contributed by atoms with van der Waals surface area (Å²) in [4.78, 5) is 25.2. The van der Waals surface area contributed by atoms with Crippen LogP contribution in [0, 0.1) is 53.3 Å². The van der Waals surface area contributed by atoms with E-state index in [1.807, 2.05) is 0 Å². The van der Waals surface area contributed by atoms with E-state index >= 15 is 0 Å². The molecule has 5 fully saturated rings. The van der Waals surface area contributed by atoms with Crippen LogP contribution in [-0.4, -0.2) is 42.1 Å². The summed E-state index contributed by atoms with van der Waals surface area (Å²) in [7, 11) is -6.10. The Labute approximate surface area is 404 Å². The molecule has 0 spiro atoms. The van der Waals surface area contributed by atoms with Crippen LogP contribution in [0.1, 0.15) is 123 Å². The third-order valence-corrected chi connectivity index (χ3v) is 16.8. The summed E-state index contributed by atoms with van der Waals surface area (Å²) in [6.07, 6.45) is 9.99. The molecular formula is C54H79F3O8S2. The number of carbonyl (C=O) groups is 2. The number of ether oxygens (including phenoxy) is 3. The van der Waals surface area contributed by atoms with E-state index in [4.69, 9.17) is 22.4 Å². The predicted octanol–water partition coefficient (Wildman–Crippen LogP) is 14.4. The van der Waals surface area contributed by atoms with Gasteiger partial charge in [-0.3, -0.25) is 9.59 Å². The molecule has 8 nitrogen and oxygen atoms in total. The fourth-order valence-electron chi connectivity index (χ4n) is 10.1. The third-order valence-electron chi connectivity index (χ3n) is 14.0. The largest absolute Gasteiger partial charge is 0.741 e. The van der Waals surface area contributed by atoms with E-state index in [0.717, 1.165) is 59.9 Å². The van der Waals surface area contributed by atoms with Crippen molar-refractivity contribution in [3.63, 3.8) is 0 Å². The highest BCUT2D eigenvalue weighted by Gasteiger charge is 2.52. The number of allylic oxidation sites excluding steroid dienone is 1. The van der Waals surface area contributed by atoms with E-state index in [1.165, 1.54) is 53.2 Å². The van der Waals surface area contributed by atoms with Crippen molar-refractivity contribution in [3.8, 4) is 0 Å². The lowest BCUT2D eigenvalue weighted by molar-refractivity contribution is -0.153. The van der Waals surface area contributed by atoms with Gasteiger partial charge in [-0.25, -0.2) is 8.42 Å². The monoisotopic (exact) mass is 977 g/mol. The zero-order valence-electron chi connectivity index (χ0n) is 37.2. The molecule has 5 aliphatic rings. The van der Waals surface area contributed by atoms with Gasteiger partial charge in [0, 0.05) is 12.3 Å². The quantitative estimate of drug-likeness (QED) is 0.0465. The molecule has 1 heterocycles. The summed E-state index contributed by atoms with van der Waals surface area (Å²) in [6.45, 7) is 21.3. The van der Waals surface area contributed by atoms with Crippen LogP contribution in [0.3, 0.4) is 0 Å². The topological polar surface area (TPSA) is 119 Å². The normalized spacial score (nSPS) is 27.8. The van der Waals surface area contributed by atoms with Crippen LogP contribution in [0.15, 0.2) is 130 Å². The Morgan fingerprint density at radius 3 is 1.55 bits per heavy atom. The first-order valence-electron chi connectivity index (χ1n) is 22.0. The highest BCUT2D eigenvalue weighted by Crippen LogP contribution is 2.57. The van der Waals surface area contributed by atoms with Crippen LogP contribution in [0.2, 0.25) is 0 Å². The second-order valence-electron chi connectivity index (χ2n) is 17.9. The van der Waals surface area contributed by atoms with Gasteiger partial charge < -0.3 is 18.8 Å².